The van der Waals surface area contributed by atoms with Crippen molar-refractivity contribution in [2.45, 2.75) is 105 Å². The van der Waals surface area contributed by atoms with Crippen molar-refractivity contribution in [1.82, 2.24) is 0 Å². The number of aliphatic carboxylic acids is 1. The number of hydrogen-bond donors (Lipinski definition) is 1. The lowest BCUT2D eigenvalue weighted by atomic mass is 9.49. The summed E-state index contributed by atoms with van der Waals surface area (Å²) in [6.07, 6.45) is 6.86. The third-order valence-electron chi connectivity index (χ3n) is 8.36. The topological polar surface area (TPSA) is 72.8 Å². The van der Waals surface area contributed by atoms with Gasteiger partial charge in [-0.25, -0.2) is 9.78 Å². The van der Waals surface area contributed by atoms with E-state index < -0.39 is 23.6 Å². The zero-order chi connectivity index (χ0) is 21.6. The number of rotatable bonds is 5. The molecule has 1 aliphatic heterocycles. The molecule has 0 radical (unpaired) electrons. The minimum absolute atomic E-state index is 0.0754. The van der Waals surface area contributed by atoms with Crippen molar-refractivity contribution in [1.29, 1.82) is 0 Å². The summed E-state index contributed by atoms with van der Waals surface area (Å²) >= 11 is 0. The fourth-order valence-corrected chi connectivity index (χ4v) is 6.16. The number of fused-ring (bicyclic) bond motifs is 1. The molecule has 0 aromatic carbocycles. The summed E-state index contributed by atoms with van der Waals surface area (Å²) < 4.78 is 0. The van der Waals surface area contributed by atoms with E-state index in [2.05, 4.69) is 20.8 Å². The second kappa shape index (κ2) is 7.81. The van der Waals surface area contributed by atoms with Crippen LogP contribution in [-0.2, 0) is 19.4 Å². The first-order valence-corrected chi connectivity index (χ1v) is 11.2. The SMILES string of the molecule is CC1=C(CC[C@]2(C)CC[C@H]([C@H](C)C(=O)O)OO2)[C@]2(C)CCCC(C)(C)[C@H]2CC1=O. The standard InChI is InChI=1S/C24H38O5/c1-15-17(24(6)11-7-10-22(3,4)20(24)14-18(15)25)8-12-23(5)13-9-19(28-29-23)16(2)21(26)27/h16,19-20H,7-14H2,1-6H3,(H,26,27)/t16-,19+,20+,23+,24-/m0/s1. The summed E-state index contributed by atoms with van der Waals surface area (Å²) in [7, 11) is 0. The Morgan fingerprint density at radius 1 is 1.21 bits per heavy atom. The average Bonchev–Trinajstić information content (AvgIpc) is 2.63. The number of carbonyl (C=O) groups excluding carboxylic acids is 1. The van der Waals surface area contributed by atoms with Crippen molar-refractivity contribution in [3.05, 3.63) is 11.1 Å². The smallest absolute Gasteiger partial charge is 0.308 e. The van der Waals surface area contributed by atoms with Crippen LogP contribution in [-0.4, -0.2) is 28.6 Å². The van der Waals surface area contributed by atoms with Crippen LogP contribution in [0.4, 0.5) is 0 Å². The van der Waals surface area contributed by atoms with E-state index >= 15 is 0 Å². The minimum atomic E-state index is -0.859. The van der Waals surface area contributed by atoms with Crippen LogP contribution in [0.15, 0.2) is 11.1 Å². The summed E-state index contributed by atoms with van der Waals surface area (Å²) in [6.45, 7) is 12.7. The molecule has 0 amide bonds. The summed E-state index contributed by atoms with van der Waals surface area (Å²) in [5.41, 5.74) is 2.09. The highest BCUT2D eigenvalue weighted by Crippen LogP contribution is 2.59. The third-order valence-corrected chi connectivity index (χ3v) is 8.36. The second-order valence-corrected chi connectivity index (χ2v) is 10.9. The molecule has 0 aromatic rings. The Labute approximate surface area is 175 Å². The molecule has 3 rings (SSSR count). The van der Waals surface area contributed by atoms with Gasteiger partial charge in [0, 0.05) is 6.42 Å². The van der Waals surface area contributed by atoms with Crippen LogP contribution in [0.2, 0.25) is 0 Å². The van der Waals surface area contributed by atoms with Gasteiger partial charge < -0.3 is 5.11 Å². The molecule has 5 atom stereocenters. The van der Waals surface area contributed by atoms with E-state index in [1.54, 1.807) is 6.92 Å². The summed E-state index contributed by atoms with van der Waals surface area (Å²) in [4.78, 5) is 35.3. The molecule has 29 heavy (non-hydrogen) atoms. The van der Waals surface area contributed by atoms with Crippen LogP contribution >= 0.6 is 0 Å². The van der Waals surface area contributed by atoms with Crippen molar-refractivity contribution in [2.24, 2.45) is 22.7 Å². The highest BCUT2D eigenvalue weighted by molar-refractivity contribution is 5.97. The maximum atomic E-state index is 12.8. The quantitative estimate of drug-likeness (QED) is 0.612. The van der Waals surface area contributed by atoms with Crippen LogP contribution in [0.1, 0.15) is 92.9 Å². The van der Waals surface area contributed by atoms with E-state index in [0.717, 1.165) is 31.3 Å². The van der Waals surface area contributed by atoms with Gasteiger partial charge in [0.15, 0.2) is 5.78 Å². The number of carbonyl (C=O) groups is 2. The maximum Gasteiger partial charge on any atom is 0.308 e. The van der Waals surface area contributed by atoms with Gasteiger partial charge in [0.05, 0.1) is 5.92 Å². The van der Waals surface area contributed by atoms with Gasteiger partial charge in [0.25, 0.3) is 0 Å². The van der Waals surface area contributed by atoms with Crippen molar-refractivity contribution >= 4 is 11.8 Å². The molecule has 5 heteroatoms. The Balaban J connectivity index is 1.73. The first-order chi connectivity index (χ1) is 13.4. The molecule has 2 fully saturated rings. The fourth-order valence-electron chi connectivity index (χ4n) is 6.16. The fraction of sp³-hybridized carbons (Fsp3) is 0.833. The van der Waals surface area contributed by atoms with Crippen molar-refractivity contribution in [3.8, 4) is 0 Å². The lowest BCUT2D eigenvalue weighted by Crippen LogP contribution is -2.48. The van der Waals surface area contributed by atoms with Gasteiger partial charge in [-0.2, -0.15) is 0 Å². The van der Waals surface area contributed by atoms with Gasteiger partial charge >= 0.3 is 5.97 Å². The van der Waals surface area contributed by atoms with Gasteiger partial charge in [-0.3, -0.25) is 9.59 Å². The van der Waals surface area contributed by atoms with Crippen LogP contribution in [0, 0.1) is 22.7 Å². The van der Waals surface area contributed by atoms with Crippen LogP contribution in [0.5, 0.6) is 0 Å². The minimum Gasteiger partial charge on any atom is -0.481 e. The van der Waals surface area contributed by atoms with Gasteiger partial charge in [-0.05, 0) is 81.6 Å². The number of hydrogen-bond acceptors (Lipinski definition) is 4. The largest absolute Gasteiger partial charge is 0.481 e. The number of allylic oxidation sites excluding steroid dienone is 2. The van der Waals surface area contributed by atoms with Gasteiger partial charge in [-0.1, -0.05) is 32.8 Å². The highest BCUT2D eigenvalue weighted by Gasteiger charge is 2.52. The first kappa shape index (κ1) is 22.5. The predicted octanol–water partition coefficient (Wildman–Crippen LogP) is 5.48. The van der Waals surface area contributed by atoms with E-state index in [1.807, 2.05) is 13.8 Å². The van der Waals surface area contributed by atoms with Crippen molar-refractivity contribution < 1.29 is 24.5 Å². The number of carboxylic acid groups (broad SMARTS) is 1. The molecule has 1 heterocycles. The third kappa shape index (κ3) is 4.18. The summed E-state index contributed by atoms with van der Waals surface area (Å²) in [5, 5.41) is 9.20. The van der Waals surface area contributed by atoms with Crippen LogP contribution in [0.3, 0.4) is 0 Å². The zero-order valence-corrected chi connectivity index (χ0v) is 19.0. The average molecular weight is 407 g/mol. The molecular formula is C24H38O5. The molecule has 164 valence electrons. The van der Waals surface area contributed by atoms with Crippen molar-refractivity contribution in [2.75, 3.05) is 0 Å². The van der Waals surface area contributed by atoms with E-state index in [9.17, 15) is 14.7 Å². The normalized spacial score (nSPS) is 38.5. The van der Waals surface area contributed by atoms with Gasteiger partial charge in [-0.15, -0.1) is 0 Å². The number of carboxylic acids is 1. The molecule has 2 aliphatic carbocycles. The Bertz CT molecular complexity index is 698. The summed E-state index contributed by atoms with van der Waals surface area (Å²) in [6, 6.07) is 0. The van der Waals surface area contributed by atoms with E-state index in [0.29, 0.717) is 24.5 Å². The van der Waals surface area contributed by atoms with Crippen LogP contribution < -0.4 is 0 Å². The predicted molar refractivity (Wildman–Crippen MR) is 111 cm³/mol. The van der Waals surface area contributed by atoms with Crippen LogP contribution in [0.25, 0.3) is 0 Å². The van der Waals surface area contributed by atoms with E-state index in [-0.39, 0.29) is 10.8 Å². The first-order valence-electron chi connectivity index (χ1n) is 11.2. The zero-order valence-electron chi connectivity index (χ0n) is 19.0. The molecule has 0 unspecified atom stereocenters. The second-order valence-electron chi connectivity index (χ2n) is 10.9. The monoisotopic (exact) mass is 406 g/mol. The number of ketones is 1. The Kier molecular flexibility index (Phi) is 6.05. The van der Waals surface area contributed by atoms with Gasteiger partial charge in [0.2, 0.25) is 0 Å². The summed E-state index contributed by atoms with van der Waals surface area (Å²) in [5.74, 6) is -0.738. The van der Waals surface area contributed by atoms with E-state index in [1.165, 1.54) is 18.4 Å². The lowest BCUT2D eigenvalue weighted by molar-refractivity contribution is -0.411. The molecular weight excluding hydrogens is 368 g/mol. The Morgan fingerprint density at radius 3 is 2.48 bits per heavy atom. The molecule has 1 saturated heterocycles. The molecule has 1 saturated carbocycles. The molecule has 1 N–H and O–H groups in total. The maximum absolute atomic E-state index is 12.8. The molecule has 5 nitrogen and oxygen atoms in total. The molecule has 0 spiro atoms. The number of Topliss-reactive ketones (excluding diaryl/α,β-unsaturated/α-hetero) is 1. The van der Waals surface area contributed by atoms with Gasteiger partial charge in [0.1, 0.15) is 11.7 Å². The van der Waals surface area contributed by atoms with E-state index in [4.69, 9.17) is 9.78 Å². The Hall–Kier alpha value is -1.20. The Morgan fingerprint density at radius 2 is 1.90 bits per heavy atom. The molecule has 3 aliphatic rings. The highest BCUT2D eigenvalue weighted by atomic mass is 17.2. The lowest BCUT2D eigenvalue weighted by Gasteiger charge is -2.55. The van der Waals surface area contributed by atoms with Crippen molar-refractivity contribution in [3.63, 3.8) is 0 Å². The molecule has 0 aromatic heterocycles. The molecule has 0 bridgehead atoms.